The molecule has 0 saturated carbocycles. The molecule has 0 spiro atoms. The molecule has 0 aliphatic heterocycles. The van der Waals surface area contributed by atoms with Gasteiger partial charge in [0.15, 0.2) is 0 Å². The number of carbonyl (C=O) groups is 1. The molecule has 8 nitrogen and oxygen atoms in total. The number of hydrogen-bond donors (Lipinski definition) is 2. The highest BCUT2D eigenvalue weighted by atomic mass is 16.6. The Morgan fingerprint density at radius 1 is 1.42 bits per heavy atom. The summed E-state index contributed by atoms with van der Waals surface area (Å²) in [5.41, 5.74) is 0.679. The fourth-order valence-corrected chi connectivity index (χ4v) is 2.21. The molecule has 0 radical (unpaired) electrons. The molecule has 0 aliphatic carbocycles. The van der Waals surface area contributed by atoms with Crippen LogP contribution in [0, 0.1) is 21.4 Å². The number of hydrogen-bond acceptors (Lipinski definition) is 6. The number of nitro benzene ring substituents is 1. The van der Waals surface area contributed by atoms with Crippen LogP contribution in [0.25, 0.3) is 10.9 Å². The van der Waals surface area contributed by atoms with Crippen molar-refractivity contribution in [1.82, 2.24) is 10.3 Å². The number of anilines is 1. The summed E-state index contributed by atoms with van der Waals surface area (Å²) in [4.78, 5) is 26.2. The summed E-state index contributed by atoms with van der Waals surface area (Å²) in [5, 5.41) is 26.3. The average Bonchev–Trinajstić information content (AvgIpc) is 2.52. The van der Waals surface area contributed by atoms with E-state index >= 15 is 0 Å². The largest absolute Gasteiger partial charge is 0.369 e. The van der Waals surface area contributed by atoms with Crippen LogP contribution in [0.1, 0.15) is 25.8 Å². The number of nitriles is 1. The Labute approximate surface area is 138 Å². The molecule has 2 aromatic rings. The molecule has 0 saturated heterocycles. The van der Waals surface area contributed by atoms with Gasteiger partial charge < -0.3 is 10.6 Å². The van der Waals surface area contributed by atoms with E-state index in [0.717, 1.165) is 0 Å². The zero-order valence-electron chi connectivity index (χ0n) is 13.4. The zero-order valence-corrected chi connectivity index (χ0v) is 13.4. The van der Waals surface area contributed by atoms with Gasteiger partial charge in [0.2, 0.25) is 5.91 Å². The number of rotatable bonds is 6. The molecule has 2 N–H and O–H groups in total. The second kappa shape index (κ2) is 7.37. The fourth-order valence-electron chi connectivity index (χ4n) is 2.21. The minimum atomic E-state index is -0.514. The normalized spacial score (nSPS) is 10.4. The van der Waals surface area contributed by atoms with E-state index < -0.39 is 4.92 Å². The highest BCUT2D eigenvalue weighted by Crippen LogP contribution is 2.24. The predicted octanol–water partition coefficient (Wildman–Crippen LogP) is 2.34. The predicted molar refractivity (Wildman–Crippen MR) is 89.5 cm³/mol. The Morgan fingerprint density at radius 3 is 2.79 bits per heavy atom. The highest BCUT2D eigenvalue weighted by Gasteiger charge is 2.12. The van der Waals surface area contributed by atoms with Crippen molar-refractivity contribution in [1.29, 1.82) is 5.26 Å². The molecule has 2 rings (SSSR count). The van der Waals surface area contributed by atoms with E-state index in [2.05, 4.69) is 15.6 Å². The quantitative estimate of drug-likeness (QED) is 0.620. The van der Waals surface area contributed by atoms with Gasteiger partial charge in [-0.1, -0.05) is 0 Å². The standard InChI is InChI=1S/C16H17N5O3/c1-10(2)19-16(22)5-6-18-15-7-11(9-17)13-8-12(21(23)24)3-4-14(13)20-15/h3-4,7-8,10H,5-6H2,1-2H3,(H,18,20)(H,19,22). The molecule has 0 unspecified atom stereocenters. The van der Waals surface area contributed by atoms with Gasteiger partial charge in [-0.2, -0.15) is 5.26 Å². The van der Waals surface area contributed by atoms with Gasteiger partial charge in [0.05, 0.1) is 22.1 Å². The van der Waals surface area contributed by atoms with Crippen molar-refractivity contribution in [3.63, 3.8) is 0 Å². The summed E-state index contributed by atoms with van der Waals surface area (Å²) in [5.74, 6) is 0.375. The van der Waals surface area contributed by atoms with Crippen molar-refractivity contribution < 1.29 is 9.72 Å². The lowest BCUT2D eigenvalue weighted by molar-refractivity contribution is -0.384. The molecule has 1 aromatic carbocycles. The maximum Gasteiger partial charge on any atom is 0.270 e. The van der Waals surface area contributed by atoms with E-state index in [-0.39, 0.29) is 29.6 Å². The zero-order chi connectivity index (χ0) is 17.7. The van der Waals surface area contributed by atoms with Crippen molar-refractivity contribution >= 4 is 28.3 Å². The molecule has 1 heterocycles. The minimum absolute atomic E-state index is 0.0746. The van der Waals surface area contributed by atoms with Crippen LogP contribution in [-0.2, 0) is 4.79 Å². The number of carbonyl (C=O) groups excluding carboxylic acids is 1. The maximum atomic E-state index is 11.6. The number of nitro groups is 1. The van der Waals surface area contributed by atoms with E-state index in [9.17, 15) is 20.2 Å². The summed E-state index contributed by atoms with van der Waals surface area (Å²) in [6.45, 7) is 4.14. The van der Waals surface area contributed by atoms with Crippen LogP contribution in [0.4, 0.5) is 11.5 Å². The van der Waals surface area contributed by atoms with Crippen LogP contribution < -0.4 is 10.6 Å². The first-order valence-corrected chi connectivity index (χ1v) is 7.43. The summed E-state index contributed by atoms with van der Waals surface area (Å²) >= 11 is 0. The first-order valence-electron chi connectivity index (χ1n) is 7.43. The average molecular weight is 327 g/mol. The van der Waals surface area contributed by atoms with E-state index in [1.807, 2.05) is 19.9 Å². The lowest BCUT2D eigenvalue weighted by Crippen LogP contribution is -2.31. The summed E-state index contributed by atoms with van der Waals surface area (Å²) in [6.07, 6.45) is 0.278. The summed E-state index contributed by atoms with van der Waals surface area (Å²) in [6, 6.07) is 7.80. The summed E-state index contributed by atoms with van der Waals surface area (Å²) < 4.78 is 0. The molecule has 1 aromatic heterocycles. The fraction of sp³-hybridized carbons (Fsp3) is 0.312. The first kappa shape index (κ1) is 17.1. The Bertz CT molecular complexity index is 826. The van der Waals surface area contributed by atoms with Gasteiger partial charge in [0.1, 0.15) is 5.82 Å². The third-order valence-corrected chi connectivity index (χ3v) is 3.23. The maximum absolute atomic E-state index is 11.6. The number of amides is 1. The van der Waals surface area contributed by atoms with E-state index in [1.54, 1.807) is 0 Å². The summed E-state index contributed by atoms with van der Waals surface area (Å²) in [7, 11) is 0. The van der Waals surface area contributed by atoms with Gasteiger partial charge in [-0.3, -0.25) is 14.9 Å². The number of nitrogens with one attached hydrogen (secondary N) is 2. The number of non-ortho nitro benzene ring substituents is 1. The van der Waals surface area contributed by atoms with E-state index in [4.69, 9.17) is 0 Å². The molecular weight excluding hydrogens is 310 g/mol. The number of benzene rings is 1. The van der Waals surface area contributed by atoms with Gasteiger partial charge in [0.25, 0.3) is 5.69 Å². The number of nitrogens with zero attached hydrogens (tertiary/aromatic N) is 3. The van der Waals surface area contributed by atoms with E-state index in [1.165, 1.54) is 24.3 Å². The Balaban J connectivity index is 2.18. The van der Waals surface area contributed by atoms with Gasteiger partial charge >= 0.3 is 0 Å². The topological polar surface area (TPSA) is 121 Å². The van der Waals surface area contributed by atoms with Crippen LogP contribution in [0.2, 0.25) is 0 Å². The van der Waals surface area contributed by atoms with Crippen LogP contribution >= 0.6 is 0 Å². The molecule has 24 heavy (non-hydrogen) atoms. The molecule has 1 amide bonds. The van der Waals surface area contributed by atoms with Crippen LogP contribution in [-0.4, -0.2) is 28.4 Å². The molecule has 0 atom stereocenters. The van der Waals surface area contributed by atoms with Gasteiger partial charge in [-0.05, 0) is 26.0 Å². The van der Waals surface area contributed by atoms with Crippen molar-refractivity contribution in [3.05, 3.63) is 39.9 Å². The third kappa shape index (κ3) is 4.16. The van der Waals surface area contributed by atoms with Gasteiger partial charge in [-0.15, -0.1) is 0 Å². The number of aromatic nitrogens is 1. The van der Waals surface area contributed by atoms with E-state index in [0.29, 0.717) is 23.3 Å². The number of pyridine rings is 1. The van der Waals surface area contributed by atoms with Crippen LogP contribution in [0.15, 0.2) is 24.3 Å². The van der Waals surface area contributed by atoms with Gasteiger partial charge in [-0.25, -0.2) is 4.98 Å². The van der Waals surface area contributed by atoms with Crippen molar-refractivity contribution in [2.75, 3.05) is 11.9 Å². The third-order valence-electron chi connectivity index (χ3n) is 3.23. The lowest BCUT2D eigenvalue weighted by atomic mass is 10.1. The van der Waals surface area contributed by atoms with Crippen LogP contribution in [0.5, 0.6) is 0 Å². The van der Waals surface area contributed by atoms with Gasteiger partial charge in [0, 0.05) is 36.5 Å². The molecule has 8 heteroatoms. The van der Waals surface area contributed by atoms with Crippen molar-refractivity contribution in [2.45, 2.75) is 26.3 Å². The van der Waals surface area contributed by atoms with Crippen LogP contribution in [0.3, 0.4) is 0 Å². The molecular formula is C16H17N5O3. The monoisotopic (exact) mass is 327 g/mol. The Kier molecular flexibility index (Phi) is 5.27. The van der Waals surface area contributed by atoms with Crippen molar-refractivity contribution in [2.24, 2.45) is 0 Å². The second-order valence-electron chi connectivity index (χ2n) is 5.52. The molecule has 0 bridgehead atoms. The SMILES string of the molecule is CC(C)NC(=O)CCNc1cc(C#N)c2cc([N+](=O)[O-])ccc2n1. The smallest absolute Gasteiger partial charge is 0.270 e. The molecule has 0 fully saturated rings. The number of fused-ring (bicyclic) bond motifs is 1. The Hall–Kier alpha value is -3.21. The molecule has 124 valence electrons. The lowest BCUT2D eigenvalue weighted by Gasteiger charge is -2.10. The molecule has 0 aliphatic rings. The van der Waals surface area contributed by atoms with Crippen molar-refractivity contribution in [3.8, 4) is 6.07 Å². The highest BCUT2D eigenvalue weighted by molar-refractivity contribution is 5.88. The second-order valence-corrected chi connectivity index (χ2v) is 5.52. The first-order chi connectivity index (χ1) is 11.4. The minimum Gasteiger partial charge on any atom is -0.369 e. The Morgan fingerprint density at radius 2 is 2.17 bits per heavy atom.